The second kappa shape index (κ2) is 6.93. The quantitative estimate of drug-likeness (QED) is 0.861. The molecular formula is C15H22N2O3. The topological polar surface area (TPSA) is 69.6 Å². The predicted molar refractivity (Wildman–Crippen MR) is 77.7 cm³/mol. The molecule has 0 aliphatic heterocycles. The van der Waals surface area contributed by atoms with Crippen molar-refractivity contribution in [1.29, 1.82) is 0 Å². The van der Waals surface area contributed by atoms with Crippen LogP contribution in [0, 0.1) is 6.92 Å². The van der Waals surface area contributed by atoms with Crippen molar-refractivity contribution in [2.24, 2.45) is 0 Å². The summed E-state index contributed by atoms with van der Waals surface area (Å²) in [6.45, 7) is 8.43. The Hall–Kier alpha value is -2.04. The van der Waals surface area contributed by atoms with Crippen molar-refractivity contribution in [3.8, 4) is 5.75 Å². The van der Waals surface area contributed by atoms with E-state index in [1.807, 2.05) is 13.8 Å². The number of phenolic OH excluding ortho intramolecular Hbond substituents is 1. The number of hydrogen-bond acceptors (Lipinski definition) is 3. The van der Waals surface area contributed by atoms with E-state index in [9.17, 15) is 14.7 Å². The third-order valence-electron chi connectivity index (χ3n) is 3.25. The van der Waals surface area contributed by atoms with Crippen molar-refractivity contribution in [1.82, 2.24) is 10.2 Å². The van der Waals surface area contributed by atoms with Gasteiger partial charge in [0.05, 0.1) is 0 Å². The minimum absolute atomic E-state index is 0.0983. The molecule has 1 atom stereocenters. The maximum atomic E-state index is 12.1. The normalized spacial score (nSPS) is 11.8. The van der Waals surface area contributed by atoms with Gasteiger partial charge < -0.3 is 15.3 Å². The lowest BCUT2D eigenvalue weighted by Crippen LogP contribution is -2.46. The fourth-order valence-electron chi connectivity index (χ4n) is 1.95. The van der Waals surface area contributed by atoms with E-state index in [1.165, 1.54) is 12.1 Å². The van der Waals surface area contributed by atoms with Gasteiger partial charge in [-0.2, -0.15) is 0 Å². The molecule has 0 aromatic heterocycles. The standard InChI is InChI=1S/C15H22N2O3/c1-5-17(6-2)15(20)11(4)16-14(19)12-7-8-13(18)10(3)9-12/h7-9,11,18H,5-6H2,1-4H3,(H,16,19). The zero-order valence-electron chi connectivity index (χ0n) is 12.4. The maximum Gasteiger partial charge on any atom is 0.251 e. The van der Waals surface area contributed by atoms with Gasteiger partial charge in [-0.1, -0.05) is 0 Å². The highest BCUT2D eigenvalue weighted by Crippen LogP contribution is 2.16. The molecule has 0 bridgehead atoms. The highest BCUT2D eigenvalue weighted by atomic mass is 16.3. The summed E-state index contributed by atoms with van der Waals surface area (Å²) in [4.78, 5) is 25.8. The molecule has 0 heterocycles. The largest absolute Gasteiger partial charge is 0.508 e. The monoisotopic (exact) mass is 278 g/mol. The molecule has 1 aromatic rings. The average molecular weight is 278 g/mol. The Morgan fingerprint density at radius 3 is 2.40 bits per heavy atom. The summed E-state index contributed by atoms with van der Waals surface area (Å²) in [6.07, 6.45) is 0. The molecule has 2 amide bonds. The third kappa shape index (κ3) is 3.73. The number of nitrogens with zero attached hydrogens (tertiary/aromatic N) is 1. The van der Waals surface area contributed by atoms with E-state index in [4.69, 9.17) is 0 Å². The lowest BCUT2D eigenvalue weighted by Gasteiger charge is -2.23. The second-order valence-electron chi connectivity index (χ2n) is 4.71. The van der Waals surface area contributed by atoms with Gasteiger partial charge in [0.2, 0.25) is 5.91 Å². The van der Waals surface area contributed by atoms with Crippen LogP contribution < -0.4 is 5.32 Å². The van der Waals surface area contributed by atoms with E-state index in [2.05, 4.69) is 5.32 Å². The van der Waals surface area contributed by atoms with E-state index >= 15 is 0 Å². The second-order valence-corrected chi connectivity index (χ2v) is 4.71. The molecule has 1 rings (SSSR count). The predicted octanol–water partition coefficient (Wildman–Crippen LogP) is 1.69. The number of phenols is 1. The van der Waals surface area contributed by atoms with Crippen LogP contribution in [0.3, 0.4) is 0 Å². The molecule has 2 N–H and O–H groups in total. The number of nitrogens with one attached hydrogen (secondary N) is 1. The van der Waals surface area contributed by atoms with Crippen LogP contribution >= 0.6 is 0 Å². The minimum Gasteiger partial charge on any atom is -0.508 e. The lowest BCUT2D eigenvalue weighted by atomic mass is 10.1. The molecule has 5 heteroatoms. The molecule has 0 aliphatic rings. The van der Waals surface area contributed by atoms with Crippen LogP contribution in [0.25, 0.3) is 0 Å². The number of likely N-dealkylation sites (N-methyl/N-ethyl adjacent to an activating group) is 1. The maximum absolute atomic E-state index is 12.1. The molecule has 1 aromatic carbocycles. The molecular weight excluding hydrogens is 256 g/mol. The van der Waals surface area contributed by atoms with Crippen molar-refractivity contribution in [3.63, 3.8) is 0 Å². The van der Waals surface area contributed by atoms with Crippen LogP contribution in [0.2, 0.25) is 0 Å². The summed E-state index contributed by atoms with van der Waals surface area (Å²) in [5.74, 6) is -0.270. The van der Waals surface area contributed by atoms with Crippen LogP contribution in [-0.4, -0.2) is 41.0 Å². The van der Waals surface area contributed by atoms with E-state index in [-0.39, 0.29) is 17.6 Å². The van der Waals surface area contributed by atoms with Gasteiger partial charge in [0, 0.05) is 18.7 Å². The highest BCUT2D eigenvalue weighted by molar-refractivity contribution is 5.97. The number of amides is 2. The molecule has 5 nitrogen and oxygen atoms in total. The van der Waals surface area contributed by atoms with Crippen molar-refractivity contribution in [3.05, 3.63) is 29.3 Å². The number of aromatic hydroxyl groups is 1. The zero-order chi connectivity index (χ0) is 15.3. The van der Waals surface area contributed by atoms with Crippen LogP contribution in [0.4, 0.5) is 0 Å². The number of aryl methyl sites for hydroxylation is 1. The highest BCUT2D eigenvalue weighted by Gasteiger charge is 2.20. The van der Waals surface area contributed by atoms with Gasteiger partial charge in [-0.05, 0) is 51.5 Å². The first-order valence-electron chi connectivity index (χ1n) is 6.79. The molecule has 0 fully saturated rings. The minimum atomic E-state index is -0.573. The molecule has 0 radical (unpaired) electrons. The van der Waals surface area contributed by atoms with Gasteiger partial charge in [0.15, 0.2) is 0 Å². The summed E-state index contributed by atoms with van der Waals surface area (Å²) >= 11 is 0. The Morgan fingerprint density at radius 1 is 1.30 bits per heavy atom. The zero-order valence-corrected chi connectivity index (χ0v) is 12.4. The number of hydrogen-bond donors (Lipinski definition) is 2. The summed E-state index contributed by atoms with van der Waals surface area (Å²) in [5, 5.41) is 12.1. The van der Waals surface area contributed by atoms with Gasteiger partial charge in [-0.15, -0.1) is 0 Å². The molecule has 20 heavy (non-hydrogen) atoms. The van der Waals surface area contributed by atoms with Crippen molar-refractivity contribution < 1.29 is 14.7 Å². The first-order valence-corrected chi connectivity index (χ1v) is 6.79. The van der Waals surface area contributed by atoms with Crippen LogP contribution in [0.15, 0.2) is 18.2 Å². The van der Waals surface area contributed by atoms with Crippen molar-refractivity contribution >= 4 is 11.8 Å². The summed E-state index contributed by atoms with van der Waals surface area (Å²) in [7, 11) is 0. The van der Waals surface area contributed by atoms with Crippen LogP contribution in [0.5, 0.6) is 5.75 Å². The Morgan fingerprint density at radius 2 is 1.90 bits per heavy atom. The van der Waals surface area contributed by atoms with Gasteiger partial charge in [0.25, 0.3) is 5.91 Å². The average Bonchev–Trinajstić information content (AvgIpc) is 2.42. The van der Waals surface area contributed by atoms with Gasteiger partial charge in [-0.3, -0.25) is 9.59 Å². The van der Waals surface area contributed by atoms with E-state index in [0.717, 1.165) is 0 Å². The Labute approximate surface area is 119 Å². The van der Waals surface area contributed by atoms with Crippen molar-refractivity contribution in [2.75, 3.05) is 13.1 Å². The Kier molecular flexibility index (Phi) is 5.55. The first-order chi connectivity index (χ1) is 9.40. The van der Waals surface area contributed by atoms with Crippen LogP contribution in [0.1, 0.15) is 36.7 Å². The molecule has 0 saturated heterocycles. The van der Waals surface area contributed by atoms with E-state index < -0.39 is 6.04 Å². The molecule has 0 spiro atoms. The number of benzene rings is 1. The number of carbonyl (C=O) groups is 2. The third-order valence-corrected chi connectivity index (χ3v) is 3.25. The summed E-state index contributed by atoms with van der Waals surface area (Å²) in [6, 6.07) is 4.03. The van der Waals surface area contributed by atoms with Gasteiger partial charge in [0.1, 0.15) is 11.8 Å². The number of carbonyl (C=O) groups excluding carboxylic acids is 2. The fraction of sp³-hybridized carbons (Fsp3) is 0.467. The Balaban J connectivity index is 2.74. The molecule has 0 aliphatic carbocycles. The van der Waals surface area contributed by atoms with Gasteiger partial charge >= 0.3 is 0 Å². The SMILES string of the molecule is CCN(CC)C(=O)C(C)NC(=O)c1ccc(O)c(C)c1. The van der Waals surface area contributed by atoms with Crippen LogP contribution in [-0.2, 0) is 4.79 Å². The smallest absolute Gasteiger partial charge is 0.251 e. The first kappa shape index (κ1) is 16.0. The molecule has 0 saturated carbocycles. The summed E-state index contributed by atoms with van der Waals surface area (Å²) in [5.41, 5.74) is 1.06. The van der Waals surface area contributed by atoms with Gasteiger partial charge in [-0.25, -0.2) is 0 Å². The fourth-order valence-corrected chi connectivity index (χ4v) is 1.95. The van der Waals surface area contributed by atoms with Crippen molar-refractivity contribution in [2.45, 2.75) is 33.7 Å². The van der Waals surface area contributed by atoms with E-state index in [1.54, 1.807) is 24.8 Å². The Bertz CT molecular complexity index is 496. The summed E-state index contributed by atoms with van der Waals surface area (Å²) < 4.78 is 0. The molecule has 110 valence electrons. The number of rotatable bonds is 5. The lowest BCUT2D eigenvalue weighted by molar-refractivity contribution is -0.132. The van der Waals surface area contributed by atoms with E-state index in [0.29, 0.717) is 24.2 Å². The molecule has 1 unspecified atom stereocenters.